The molecular weight excluding hydrogens is 280 g/mol. The third kappa shape index (κ3) is 3.95. The number of amides is 1. The van der Waals surface area contributed by atoms with Crippen LogP contribution in [0.25, 0.3) is 11.3 Å². The Bertz CT molecular complexity index is 603. The highest BCUT2D eigenvalue weighted by atomic mass is 16.5. The van der Waals surface area contributed by atoms with E-state index in [2.05, 4.69) is 10.3 Å². The number of aryl methyl sites for hydroxylation is 1. The van der Waals surface area contributed by atoms with E-state index >= 15 is 0 Å². The molecule has 1 N–H and O–H groups in total. The molecule has 1 aliphatic rings. The van der Waals surface area contributed by atoms with Crippen LogP contribution in [0, 0.1) is 0 Å². The van der Waals surface area contributed by atoms with Gasteiger partial charge in [-0.15, -0.1) is 0 Å². The molecule has 1 atom stereocenters. The highest BCUT2D eigenvalue weighted by molar-refractivity contribution is 5.76. The van der Waals surface area contributed by atoms with Gasteiger partial charge in [0.05, 0.1) is 12.3 Å². The quantitative estimate of drug-likeness (QED) is 0.890. The highest BCUT2D eigenvalue weighted by Crippen LogP contribution is 2.20. The summed E-state index contributed by atoms with van der Waals surface area (Å²) in [6.07, 6.45) is 4.87. The highest BCUT2D eigenvalue weighted by Gasteiger charge is 2.16. The van der Waals surface area contributed by atoms with Crippen LogP contribution in [0.15, 0.2) is 40.9 Å². The maximum Gasteiger partial charge on any atom is 0.220 e. The average molecular weight is 300 g/mol. The molecule has 5 nitrogen and oxygen atoms in total. The van der Waals surface area contributed by atoms with Crippen molar-refractivity contribution in [2.45, 2.75) is 31.8 Å². The lowest BCUT2D eigenvalue weighted by atomic mass is 10.2. The number of nitrogens with zero attached hydrogens (tertiary/aromatic N) is 1. The number of carbonyl (C=O) groups excluding carboxylic acids is 1. The van der Waals surface area contributed by atoms with Gasteiger partial charge in [0.15, 0.2) is 11.7 Å². The molecule has 0 saturated carbocycles. The molecule has 1 amide bonds. The summed E-state index contributed by atoms with van der Waals surface area (Å²) in [7, 11) is 0. The molecule has 116 valence electrons. The second-order valence-corrected chi connectivity index (χ2v) is 5.42. The van der Waals surface area contributed by atoms with Crippen LogP contribution in [0.1, 0.15) is 25.2 Å². The number of carbonyl (C=O) groups is 1. The molecule has 1 aromatic heterocycles. The first-order valence-corrected chi connectivity index (χ1v) is 7.70. The second-order valence-electron chi connectivity index (χ2n) is 5.42. The number of ether oxygens (including phenoxy) is 1. The molecule has 0 bridgehead atoms. The van der Waals surface area contributed by atoms with Gasteiger partial charge in [0.1, 0.15) is 0 Å². The number of benzene rings is 1. The number of nitrogens with one attached hydrogen (secondary N) is 1. The van der Waals surface area contributed by atoms with Gasteiger partial charge in [-0.3, -0.25) is 4.79 Å². The minimum atomic E-state index is 0.00922. The van der Waals surface area contributed by atoms with E-state index in [1.807, 2.05) is 30.3 Å². The largest absolute Gasteiger partial charge is 0.441 e. The van der Waals surface area contributed by atoms with Crippen LogP contribution in [-0.2, 0) is 16.0 Å². The number of rotatable bonds is 6. The normalized spacial score (nSPS) is 17.5. The monoisotopic (exact) mass is 300 g/mol. The van der Waals surface area contributed by atoms with Crippen LogP contribution in [-0.4, -0.2) is 30.1 Å². The van der Waals surface area contributed by atoms with Crippen molar-refractivity contribution < 1.29 is 13.9 Å². The topological polar surface area (TPSA) is 64.4 Å². The first-order chi connectivity index (χ1) is 10.8. The van der Waals surface area contributed by atoms with E-state index in [9.17, 15) is 4.79 Å². The summed E-state index contributed by atoms with van der Waals surface area (Å²) in [5.41, 5.74) is 0.990. The first kappa shape index (κ1) is 14.8. The average Bonchev–Trinajstić information content (AvgIpc) is 3.23. The Kier molecular flexibility index (Phi) is 4.85. The summed E-state index contributed by atoms with van der Waals surface area (Å²) in [5.74, 6) is 1.33. The molecule has 0 radical (unpaired) electrons. The van der Waals surface area contributed by atoms with Gasteiger partial charge >= 0.3 is 0 Å². The van der Waals surface area contributed by atoms with E-state index in [0.29, 0.717) is 25.3 Å². The molecule has 22 heavy (non-hydrogen) atoms. The number of hydrogen-bond acceptors (Lipinski definition) is 4. The van der Waals surface area contributed by atoms with Crippen molar-refractivity contribution in [3.05, 3.63) is 42.4 Å². The van der Waals surface area contributed by atoms with E-state index in [1.54, 1.807) is 6.20 Å². The van der Waals surface area contributed by atoms with Crippen LogP contribution in [0.4, 0.5) is 0 Å². The minimum Gasteiger partial charge on any atom is -0.441 e. The molecule has 3 rings (SSSR count). The second kappa shape index (κ2) is 7.22. The van der Waals surface area contributed by atoms with E-state index in [4.69, 9.17) is 9.15 Å². The summed E-state index contributed by atoms with van der Waals surface area (Å²) in [6.45, 7) is 1.40. The van der Waals surface area contributed by atoms with Gasteiger partial charge in [-0.25, -0.2) is 4.98 Å². The molecule has 2 heterocycles. The third-order valence-electron chi connectivity index (χ3n) is 3.73. The number of aromatic nitrogens is 1. The number of oxazole rings is 1. The summed E-state index contributed by atoms with van der Waals surface area (Å²) in [4.78, 5) is 16.0. The summed E-state index contributed by atoms with van der Waals surface area (Å²) in [6, 6.07) is 9.81. The van der Waals surface area contributed by atoms with Gasteiger partial charge in [0.2, 0.25) is 5.91 Å². The molecule has 0 unspecified atom stereocenters. The fourth-order valence-electron chi connectivity index (χ4n) is 2.50. The standard InChI is InChI=1S/C17H20N2O3/c20-16(18-11-14-7-4-10-21-14)8-9-17-19-12-15(22-17)13-5-2-1-3-6-13/h1-3,5-6,12,14H,4,7-11H2,(H,18,20)/t14-/m0/s1. The van der Waals surface area contributed by atoms with Crippen molar-refractivity contribution in [2.24, 2.45) is 0 Å². The smallest absolute Gasteiger partial charge is 0.220 e. The Morgan fingerprint density at radius 3 is 2.95 bits per heavy atom. The van der Waals surface area contributed by atoms with Gasteiger partial charge in [-0.1, -0.05) is 30.3 Å². The fourth-order valence-corrected chi connectivity index (χ4v) is 2.50. The van der Waals surface area contributed by atoms with Gasteiger partial charge in [0.25, 0.3) is 0 Å². The first-order valence-electron chi connectivity index (χ1n) is 7.70. The molecule has 1 fully saturated rings. The van der Waals surface area contributed by atoms with E-state index < -0.39 is 0 Å². The Balaban J connectivity index is 1.45. The van der Waals surface area contributed by atoms with Crippen LogP contribution in [0.2, 0.25) is 0 Å². The van der Waals surface area contributed by atoms with E-state index in [1.165, 1.54) is 0 Å². The van der Waals surface area contributed by atoms with E-state index in [0.717, 1.165) is 30.8 Å². The van der Waals surface area contributed by atoms with Gasteiger partial charge in [-0.05, 0) is 12.8 Å². The molecule has 0 spiro atoms. The zero-order valence-electron chi connectivity index (χ0n) is 12.5. The SMILES string of the molecule is O=C(CCc1ncc(-c2ccccc2)o1)NC[C@@H]1CCCO1. The maximum atomic E-state index is 11.8. The van der Waals surface area contributed by atoms with Crippen LogP contribution in [0.5, 0.6) is 0 Å². The Hall–Kier alpha value is -2.14. The zero-order valence-corrected chi connectivity index (χ0v) is 12.5. The molecule has 2 aromatic rings. The summed E-state index contributed by atoms with van der Waals surface area (Å²) >= 11 is 0. The lowest BCUT2D eigenvalue weighted by molar-refractivity contribution is -0.121. The Morgan fingerprint density at radius 2 is 2.18 bits per heavy atom. The molecule has 0 aliphatic carbocycles. The predicted octanol–water partition coefficient (Wildman–Crippen LogP) is 2.57. The van der Waals surface area contributed by atoms with Gasteiger partial charge in [0, 0.05) is 31.6 Å². The van der Waals surface area contributed by atoms with Gasteiger partial charge < -0.3 is 14.5 Å². The Labute approximate surface area is 129 Å². The molecule has 1 saturated heterocycles. The lowest BCUT2D eigenvalue weighted by Crippen LogP contribution is -2.31. The number of hydrogen-bond donors (Lipinski definition) is 1. The van der Waals surface area contributed by atoms with Crippen molar-refractivity contribution in [3.63, 3.8) is 0 Å². The summed E-state index contributed by atoms with van der Waals surface area (Å²) in [5, 5.41) is 2.90. The fraction of sp³-hybridized carbons (Fsp3) is 0.412. The lowest BCUT2D eigenvalue weighted by Gasteiger charge is -2.10. The molecule has 1 aliphatic heterocycles. The Morgan fingerprint density at radius 1 is 1.32 bits per heavy atom. The molecular formula is C17H20N2O3. The maximum absolute atomic E-state index is 11.8. The van der Waals surface area contributed by atoms with Crippen molar-refractivity contribution in [2.75, 3.05) is 13.2 Å². The van der Waals surface area contributed by atoms with Gasteiger partial charge in [-0.2, -0.15) is 0 Å². The van der Waals surface area contributed by atoms with Crippen LogP contribution in [0.3, 0.4) is 0 Å². The van der Waals surface area contributed by atoms with Crippen LogP contribution < -0.4 is 5.32 Å². The zero-order chi connectivity index (χ0) is 15.2. The van der Waals surface area contributed by atoms with Crippen molar-refractivity contribution in [3.8, 4) is 11.3 Å². The van der Waals surface area contributed by atoms with E-state index in [-0.39, 0.29) is 12.0 Å². The third-order valence-corrected chi connectivity index (χ3v) is 3.73. The van der Waals surface area contributed by atoms with Crippen molar-refractivity contribution in [1.29, 1.82) is 0 Å². The van der Waals surface area contributed by atoms with Crippen LogP contribution >= 0.6 is 0 Å². The summed E-state index contributed by atoms with van der Waals surface area (Å²) < 4.78 is 11.2. The molecule has 1 aromatic carbocycles. The van der Waals surface area contributed by atoms with Crippen molar-refractivity contribution in [1.82, 2.24) is 10.3 Å². The predicted molar refractivity (Wildman–Crippen MR) is 82.2 cm³/mol. The minimum absolute atomic E-state index is 0.00922. The van der Waals surface area contributed by atoms with Crippen molar-refractivity contribution >= 4 is 5.91 Å². The molecule has 5 heteroatoms.